The van der Waals surface area contributed by atoms with Gasteiger partial charge in [0.25, 0.3) is 0 Å². The fraction of sp³-hybridized carbons (Fsp3) is 0.385. The standard InChI is InChI=1S/C13H14Cl2N2O3/c14-9-4-3-8(6-10(9)15)16-12(18)7-17-5-1-2-11(17)13(19)20/h3-4,6,11H,1-2,5,7H2,(H,16,18)(H,19,20)/t11-/m0/s1. The van der Waals surface area contributed by atoms with Crippen LogP contribution in [0.4, 0.5) is 5.69 Å². The van der Waals surface area contributed by atoms with E-state index in [1.54, 1.807) is 23.1 Å². The Hall–Kier alpha value is -1.30. The Morgan fingerprint density at radius 2 is 2.10 bits per heavy atom. The van der Waals surface area contributed by atoms with Crippen molar-refractivity contribution in [2.24, 2.45) is 0 Å². The fourth-order valence-corrected chi connectivity index (χ4v) is 2.55. The zero-order valence-electron chi connectivity index (χ0n) is 10.6. The summed E-state index contributed by atoms with van der Waals surface area (Å²) in [5, 5.41) is 12.5. The number of anilines is 1. The highest BCUT2D eigenvalue weighted by molar-refractivity contribution is 6.42. The molecule has 2 rings (SSSR count). The fourth-order valence-electron chi connectivity index (χ4n) is 2.25. The Morgan fingerprint density at radius 1 is 1.35 bits per heavy atom. The van der Waals surface area contributed by atoms with Gasteiger partial charge in [0.2, 0.25) is 5.91 Å². The smallest absolute Gasteiger partial charge is 0.320 e. The maximum atomic E-state index is 11.9. The second-order valence-corrected chi connectivity index (χ2v) is 5.46. The number of likely N-dealkylation sites (tertiary alicyclic amines) is 1. The summed E-state index contributed by atoms with van der Waals surface area (Å²) in [6.45, 7) is 0.670. The van der Waals surface area contributed by atoms with E-state index in [0.717, 1.165) is 6.42 Å². The van der Waals surface area contributed by atoms with Crippen LogP contribution in [0.15, 0.2) is 18.2 Å². The lowest BCUT2D eigenvalue weighted by atomic mass is 10.2. The van der Waals surface area contributed by atoms with Crippen LogP contribution in [0.1, 0.15) is 12.8 Å². The number of rotatable bonds is 4. The lowest BCUT2D eigenvalue weighted by Gasteiger charge is -2.20. The number of benzene rings is 1. The van der Waals surface area contributed by atoms with E-state index in [-0.39, 0.29) is 12.5 Å². The minimum Gasteiger partial charge on any atom is -0.480 e. The lowest BCUT2D eigenvalue weighted by molar-refractivity contribution is -0.142. The van der Waals surface area contributed by atoms with Crippen LogP contribution < -0.4 is 5.32 Å². The van der Waals surface area contributed by atoms with Gasteiger partial charge in [-0.1, -0.05) is 23.2 Å². The molecule has 0 bridgehead atoms. The summed E-state index contributed by atoms with van der Waals surface area (Å²) in [7, 11) is 0. The predicted octanol–water partition coefficient (Wildman–Crippen LogP) is 2.48. The quantitative estimate of drug-likeness (QED) is 0.895. The molecule has 0 saturated carbocycles. The van der Waals surface area contributed by atoms with Crippen LogP contribution >= 0.6 is 23.2 Å². The SMILES string of the molecule is O=C(CN1CCC[C@H]1C(=O)O)Nc1ccc(Cl)c(Cl)c1. The van der Waals surface area contributed by atoms with Gasteiger partial charge in [0.15, 0.2) is 0 Å². The molecule has 0 aliphatic carbocycles. The molecule has 0 radical (unpaired) electrons. The Morgan fingerprint density at radius 3 is 2.75 bits per heavy atom. The largest absolute Gasteiger partial charge is 0.480 e. The number of carbonyl (C=O) groups excluding carboxylic acids is 1. The summed E-state index contributed by atoms with van der Waals surface area (Å²) < 4.78 is 0. The zero-order chi connectivity index (χ0) is 14.7. The third kappa shape index (κ3) is 3.62. The maximum absolute atomic E-state index is 11.9. The van der Waals surface area contributed by atoms with Gasteiger partial charge in [0.05, 0.1) is 16.6 Å². The van der Waals surface area contributed by atoms with E-state index in [4.69, 9.17) is 28.3 Å². The molecule has 1 aliphatic rings. The molecule has 0 unspecified atom stereocenters. The number of hydrogen-bond acceptors (Lipinski definition) is 3. The lowest BCUT2D eigenvalue weighted by Crippen LogP contribution is -2.40. The van der Waals surface area contributed by atoms with Gasteiger partial charge in [0, 0.05) is 5.69 Å². The molecule has 7 heteroatoms. The average Bonchev–Trinajstić information content (AvgIpc) is 2.82. The van der Waals surface area contributed by atoms with E-state index in [0.29, 0.717) is 28.7 Å². The molecule has 108 valence electrons. The van der Waals surface area contributed by atoms with Crippen molar-refractivity contribution in [3.05, 3.63) is 28.2 Å². The number of carboxylic acids is 1. The van der Waals surface area contributed by atoms with Gasteiger partial charge in [0.1, 0.15) is 6.04 Å². The monoisotopic (exact) mass is 316 g/mol. The molecule has 1 amide bonds. The number of carboxylic acid groups (broad SMARTS) is 1. The van der Waals surface area contributed by atoms with Crippen LogP contribution in [0.2, 0.25) is 10.0 Å². The number of nitrogens with zero attached hydrogens (tertiary/aromatic N) is 1. The molecule has 20 heavy (non-hydrogen) atoms. The zero-order valence-corrected chi connectivity index (χ0v) is 12.1. The molecular weight excluding hydrogens is 303 g/mol. The van der Waals surface area contributed by atoms with Crippen molar-refractivity contribution in [1.82, 2.24) is 4.90 Å². The van der Waals surface area contributed by atoms with Crippen molar-refractivity contribution in [3.8, 4) is 0 Å². The molecule has 0 spiro atoms. The molecule has 1 aromatic carbocycles. The number of halogens is 2. The third-order valence-corrected chi connectivity index (χ3v) is 3.94. The highest BCUT2D eigenvalue weighted by atomic mass is 35.5. The van der Waals surface area contributed by atoms with Gasteiger partial charge in [-0.05, 0) is 37.6 Å². The molecular formula is C13H14Cl2N2O3. The van der Waals surface area contributed by atoms with Crippen LogP contribution in [0.5, 0.6) is 0 Å². The van der Waals surface area contributed by atoms with Gasteiger partial charge in [-0.2, -0.15) is 0 Å². The van der Waals surface area contributed by atoms with Gasteiger partial charge < -0.3 is 10.4 Å². The van der Waals surface area contributed by atoms with E-state index in [2.05, 4.69) is 5.32 Å². The van der Waals surface area contributed by atoms with Crippen molar-refractivity contribution in [3.63, 3.8) is 0 Å². The first-order chi connectivity index (χ1) is 9.47. The summed E-state index contributed by atoms with van der Waals surface area (Å²) in [5.41, 5.74) is 0.537. The minimum atomic E-state index is -0.884. The maximum Gasteiger partial charge on any atom is 0.320 e. The topological polar surface area (TPSA) is 69.6 Å². The first-order valence-corrected chi connectivity index (χ1v) is 6.94. The van der Waals surface area contributed by atoms with Crippen molar-refractivity contribution >= 4 is 40.8 Å². The van der Waals surface area contributed by atoms with E-state index in [1.807, 2.05) is 0 Å². The first-order valence-electron chi connectivity index (χ1n) is 6.19. The summed E-state index contributed by atoms with van der Waals surface area (Å²) in [6.07, 6.45) is 1.37. The van der Waals surface area contributed by atoms with Crippen LogP contribution in [0, 0.1) is 0 Å². The Labute approximate surface area is 126 Å². The van der Waals surface area contributed by atoms with Crippen molar-refractivity contribution in [2.45, 2.75) is 18.9 Å². The molecule has 1 aromatic rings. The Kier molecular flexibility index (Phi) is 4.86. The highest BCUT2D eigenvalue weighted by Gasteiger charge is 2.31. The molecule has 1 fully saturated rings. The van der Waals surface area contributed by atoms with Crippen LogP contribution in [-0.4, -0.2) is 41.0 Å². The van der Waals surface area contributed by atoms with Gasteiger partial charge in [-0.3, -0.25) is 14.5 Å². The summed E-state index contributed by atoms with van der Waals surface area (Å²) in [6, 6.07) is 4.22. The van der Waals surface area contributed by atoms with Gasteiger partial charge in [-0.15, -0.1) is 0 Å². The normalized spacial score (nSPS) is 19.0. The van der Waals surface area contributed by atoms with Crippen molar-refractivity contribution in [2.75, 3.05) is 18.4 Å². The van der Waals surface area contributed by atoms with Crippen molar-refractivity contribution in [1.29, 1.82) is 0 Å². The summed E-state index contributed by atoms with van der Waals surface area (Å²) in [4.78, 5) is 24.6. The number of hydrogen-bond donors (Lipinski definition) is 2. The van der Waals surface area contributed by atoms with Crippen LogP contribution in [0.3, 0.4) is 0 Å². The molecule has 1 saturated heterocycles. The average molecular weight is 317 g/mol. The Balaban J connectivity index is 1.95. The van der Waals surface area contributed by atoms with Gasteiger partial charge >= 0.3 is 5.97 Å². The first kappa shape index (κ1) is 15.1. The molecule has 2 N–H and O–H groups in total. The Bertz CT molecular complexity index is 536. The predicted molar refractivity (Wildman–Crippen MR) is 77.3 cm³/mol. The molecule has 1 aliphatic heterocycles. The molecule has 1 atom stereocenters. The molecule has 5 nitrogen and oxygen atoms in total. The van der Waals surface area contributed by atoms with E-state index in [9.17, 15) is 9.59 Å². The van der Waals surface area contributed by atoms with E-state index < -0.39 is 12.0 Å². The minimum absolute atomic E-state index is 0.0528. The third-order valence-electron chi connectivity index (χ3n) is 3.20. The van der Waals surface area contributed by atoms with Crippen molar-refractivity contribution < 1.29 is 14.7 Å². The van der Waals surface area contributed by atoms with Gasteiger partial charge in [-0.25, -0.2) is 0 Å². The number of aliphatic carboxylic acids is 1. The van der Waals surface area contributed by atoms with E-state index >= 15 is 0 Å². The molecule has 1 heterocycles. The summed E-state index contributed by atoms with van der Waals surface area (Å²) in [5.74, 6) is -1.15. The second kappa shape index (κ2) is 6.43. The number of nitrogens with one attached hydrogen (secondary N) is 1. The number of amides is 1. The second-order valence-electron chi connectivity index (χ2n) is 4.64. The highest BCUT2D eigenvalue weighted by Crippen LogP contribution is 2.25. The van der Waals surface area contributed by atoms with E-state index in [1.165, 1.54) is 0 Å². The molecule has 0 aromatic heterocycles. The van der Waals surface area contributed by atoms with Crippen LogP contribution in [-0.2, 0) is 9.59 Å². The van der Waals surface area contributed by atoms with Crippen LogP contribution in [0.25, 0.3) is 0 Å². The number of carbonyl (C=O) groups is 2. The summed E-state index contributed by atoms with van der Waals surface area (Å²) >= 11 is 11.7.